The Morgan fingerprint density at radius 2 is 1.50 bits per heavy atom. The standard InChI is InChI=1S/C36H55N7O10S/c1-26-32(54-25-39-26)28-7-5-27(6-8-28)22-38-34(46)30-21-29(44)23-43(30)35(47)33(36(2,3)4)41-31(45)24-53-20-19-52-18-17-51-16-15-50-14-13-49-12-11-48-10-9-40-42-37/h5-8,25,29-30,33,44H,9-24H2,1-4H3,(H,38,46)(H,41,45)/t29-,30+,33-/m1/s1. The van der Waals surface area contributed by atoms with Gasteiger partial charge in [-0.3, -0.25) is 14.4 Å². The lowest BCUT2D eigenvalue weighted by atomic mass is 9.85. The number of thiazole rings is 1. The van der Waals surface area contributed by atoms with Gasteiger partial charge >= 0.3 is 0 Å². The van der Waals surface area contributed by atoms with E-state index in [4.69, 9.17) is 34.0 Å². The van der Waals surface area contributed by atoms with Crippen molar-refractivity contribution in [1.82, 2.24) is 20.5 Å². The van der Waals surface area contributed by atoms with Crippen LogP contribution < -0.4 is 10.6 Å². The van der Waals surface area contributed by atoms with Gasteiger partial charge in [0.2, 0.25) is 17.7 Å². The van der Waals surface area contributed by atoms with Gasteiger partial charge in [0.05, 0.1) is 94.9 Å². The summed E-state index contributed by atoms with van der Waals surface area (Å²) in [5, 5.41) is 19.5. The van der Waals surface area contributed by atoms with Gasteiger partial charge in [0, 0.05) is 31.0 Å². The number of hydrogen-bond donors (Lipinski definition) is 3. The number of amides is 3. The summed E-state index contributed by atoms with van der Waals surface area (Å²) >= 11 is 1.57. The van der Waals surface area contributed by atoms with Crippen LogP contribution in [0.25, 0.3) is 20.9 Å². The second-order valence-electron chi connectivity index (χ2n) is 13.5. The number of β-amino-alcohol motifs (C(OH)–C–C–N with tert-alkyl or cyclic N) is 1. The van der Waals surface area contributed by atoms with Crippen molar-refractivity contribution in [3.8, 4) is 10.4 Å². The molecule has 1 saturated heterocycles. The highest BCUT2D eigenvalue weighted by molar-refractivity contribution is 7.13. The highest BCUT2D eigenvalue weighted by atomic mass is 32.1. The van der Waals surface area contributed by atoms with Gasteiger partial charge in [-0.05, 0) is 29.0 Å². The van der Waals surface area contributed by atoms with Gasteiger partial charge < -0.3 is 49.1 Å². The molecule has 18 heteroatoms. The summed E-state index contributed by atoms with van der Waals surface area (Å²) in [7, 11) is 0. The first-order valence-corrected chi connectivity index (χ1v) is 18.9. The fraction of sp³-hybridized carbons (Fsp3) is 0.667. The zero-order chi connectivity index (χ0) is 39.2. The topological polar surface area (TPSA) is 216 Å². The van der Waals surface area contributed by atoms with E-state index < -0.39 is 35.4 Å². The first-order chi connectivity index (χ1) is 26.0. The molecule has 300 valence electrons. The van der Waals surface area contributed by atoms with E-state index in [1.807, 2.05) is 57.5 Å². The molecule has 0 radical (unpaired) electrons. The van der Waals surface area contributed by atoms with Gasteiger partial charge in [0.15, 0.2) is 0 Å². The minimum atomic E-state index is -0.955. The Bertz CT molecular complexity index is 1470. The van der Waals surface area contributed by atoms with Crippen molar-refractivity contribution >= 4 is 29.1 Å². The molecular weight excluding hydrogens is 723 g/mol. The molecule has 0 unspecified atom stereocenters. The van der Waals surface area contributed by atoms with E-state index in [1.165, 1.54) is 4.90 Å². The fourth-order valence-electron chi connectivity index (χ4n) is 5.40. The van der Waals surface area contributed by atoms with E-state index in [0.717, 1.165) is 21.7 Å². The molecule has 17 nitrogen and oxygen atoms in total. The van der Waals surface area contributed by atoms with E-state index in [9.17, 15) is 19.5 Å². The largest absolute Gasteiger partial charge is 0.391 e. The van der Waals surface area contributed by atoms with Crippen LogP contribution in [0.2, 0.25) is 0 Å². The highest BCUT2D eigenvalue weighted by Crippen LogP contribution is 2.28. The van der Waals surface area contributed by atoms with E-state index in [2.05, 4.69) is 25.6 Å². The van der Waals surface area contributed by atoms with Crippen molar-refractivity contribution in [2.45, 2.75) is 58.8 Å². The summed E-state index contributed by atoms with van der Waals surface area (Å²) in [6.45, 7) is 11.7. The van der Waals surface area contributed by atoms with E-state index in [-0.39, 0.29) is 45.2 Å². The van der Waals surface area contributed by atoms with Crippen LogP contribution in [-0.2, 0) is 49.3 Å². The van der Waals surface area contributed by atoms with Crippen LogP contribution in [0, 0.1) is 12.3 Å². The van der Waals surface area contributed by atoms with Gasteiger partial charge in [-0.15, -0.1) is 11.3 Å². The molecule has 0 saturated carbocycles. The number of likely N-dealkylation sites (tertiary alicyclic amines) is 1. The molecule has 1 aliphatic heterocycles. The molecule has 0 bridgehead atoms. The Labute approximate surface area is 320 Å². The van der Waals surface area contributed by atoms with Crippen molar-refractivity contribution < 1.29 is 47.9 Å². The van der Waals surface area contributed by atoms with Gasteiger partial charge in [-0.2, -0.15) is 0 Å². The van der Waals surface area contributed by atoms with Crippen LogP contribution >= 0.6 is 11.3 Å². The lowest BCUT2D eigenvalue weighted by Crippen LogP contribution is -2.58. The lowest BCUT2D eigenvalue weighted by molar-refractivity contribution is -0.144. The molecule has 54 heavy (non-hydrogen) atoms. The second kappa shape index (κ2) is 24.6. The first-order valence-electron chi connectivity index (χ1n) is 18.0. The first kappa shape index (κ1) is 44.7. The SMILES string of the molecule is Cc1ncsc1-c1ccc(CNC(=O)[C@@H]2C[C@@H](O)CN2C(=O)[C@@H](NC(=O)COCCOCCOCCOCCOCCOCCN=[N+]=[N-])C(C)(C)C)cc1. The van der Waals surface area contributed by atoms with Crippen molar-refractivity contribution in [3.05, 3.63) is 51.5 Å². The zero-order valence-electron chi connectivity index (χ0n) is 31.7. The van der Waals surface area contributed by atoms with Gasteiger partial charge in [0.1, 0.15) is 18.7 Å². The molecule has 2 heterocycles. The number of hydrogen-bond acceptors (Lipinski definition) is 13. The molecule has 3 atom stereocenters. The van der Waals surface area contributed by atoms with Crippen LogP contribution in [0.1, 0.15) is 38.4 Å². The average molecular weight is 778 g/mol. The Morgan fingerprint density at radius 3 is 2.02 bits per heavy atom. The number of aliphatic hydroxyl groups is 1. The smallest absolute Gasteiger partial charge is 0.246 e. The van der Waals surface area contributed by atoms with E-state index in [0.29, 0.717) is 66.0 Å². The summed E-state index contributed by atoms with van der Waals surface area (Å²) in [6, 6.07) is 6.02. The molecule has 3 N–H and O–H groups in total. The maximum absolute atomic E-state index is 13.8. The third-order valence-corrected chi connectivity index (χ3v) is 9.18. The predicted octanol–water partition coefficient (Wildman–Crippen LogP) is 2.64. The minimum absolute atomic E-state index is 0.0120. The number of carbonyl (C=O) groups is 3. The normalized spacial score (nSPS) is 16.2. The number of aliphatic hydroxyl groups excluding tert-OH is 1. The van der Waals surface area contributed by atoms with E-state index >= 15 is 0 Å². The molecule has 0 aliphatic carbocycles. The Morgan fingerprint density at radius 1 is 0.944 bits per heavy atom. The number of nitrogens with zero attached hydrogens (tertiary/aromatic N) is 5. The minimum Gasteiger partial charge on any atom is -0.391 e. The number of carbonyl (C=O) groups excluding carboxylic acids is 3. The van der Waals surface area contributed by atoms with Gasteiger partial charge in [0.25, 0.3) is 0 Å². The number of nitrogens with one attached hydrogen (secondary N) is 2. The third-order valence-electron chi connectivity index (χ3n) is 8.20. The summed E-state index contributed by atoms with van der Waals surface area (Å²) in [6.07, 6.45) is -0.763. The van der Waals surface area contributed by atoms with Gasteiger partial charge in [-0.25, -0.2) is 4.98 Å². The van der Waals surface area contributed by atoms with Crippen LogP contribution in [0.3, 0.4) is 0 Å². The van der Waals surface area contributed by atoms with Crippen molar-refractivity contribution in [2.75, 3.05) is 92.4 Å². The van der Waals surface area contributed by atoms with Crippen molar-refractivity contribution in [2.24, 2.45) is 10.5 Å². The summed E-state index contributed by atoms with van der Waals surface area (Å²) in [4.78, 5) is 49.3. The lowest BCUT2D eigenvalue weighted by Gasteiger charge is -2.35. The number of ether oxygens (including phenoxy) is 6. The highest BCUT2D eigenvalue weighted by Gasteiger charge is 2.44. The van der Waals surface area contributed by atoms with Crippen molar-refractivity contribution in [1.29, 1.82) is 0 Å². The monoisotopic (exact) mass is 777 g/mol. The summed E-state index contributed by atoms with van der Waals surface area (Å²) in [5.74, 6) is -1.30. The molecule has 1 aromatic carbocycles. The Kier molecular flexibility index (Phi) is 20.4. The maximum Gasteiger partial charge on any atom is 0.246 e. The number of rotatable bonds is 26. The van der Waals surface area contributed by atoms with E-state index in [1.54, 1.807) is 11.3 Å². The average Bonchev–Trinajstić information content (AvgIpc) is 3.76. The van der Waals surface area contributed by atoms with Crippen LogP contribution in [0.15, 0.2) is 34.9 Å². The molecule has 3 amide bonds. The molecule has 3 rings (SSSR count). The molecule has 1 aliphatic rings. The molecule has 1 fully saturated rings. The quantitative estimate of drug-likeness (QED) is 0.0546. The Hall–Kier alpha value is -3.71. The van der Waals surface area contributed by atoms with Crippen LogP contribution in [-0.4, -0.2) is 143 Å². The number of azide groups is 1. The van der Waals surface area contributed by atoms with Crippen molar-refractivity contribution in [3.63, 3.8) is 0 Å². The molecular formula is C36H55N7O10S. The third kappa shape index (κ3) is 16.3. The summed E-state index contributed by atoms with van der Waals surface area (Å²) in [5.41, 5.74) is 12.2. The maximum atomic E-state index is 13.8. The van der Waals surface area contributed by atoms with Gasteiger partial charge in [-0.1, -0.05) is 50.2 Å². The zero-order valence-corrected chi connectivity index (χ0v) is 32.5. The number of aryl methyl sites for hydroxylation is 1. The molecule has 1 aromatic heterocycles. The Balaban J connectivity index is 1.28. The van der Waals surface area contributed by atoms with Crippen LogP contribution in [0.4, 0.5) is 0 Å². The fourth-order valence-corrected chi connectivity index (χ4v) is 6.21. The van der Waals surface area contributed by atoms with Crippen LogP contribution in [0.5, 0.6) is 0 Å². The molecule has 0 spiro atoms. The second-order valence-corrected chi connectivity index (χ2v) is 14.4. The predicted molar refractivity (Wildman–Crippen MR) is 201 cm³/mol. The summed E-state index contributed by atoms with van der Waals surface area (Å²) < 4.78 is 32.4. The number of aromatic nitrogens is 1. The number of benzene rings is 1. The molecule has 2 aromatic rings.